The summed E-state index contributed by atoms with van der Waals surface area (Å²) in [5.41, 5.74) is 1.89. The molecular weight excluding hydrogens is 304 g/mol. The first-order valence-corrected chi connectivity index (χ1v) is 8.33. The highest BCUT2D eigenvalue weighted by Crippen LogP contribution is 2.31. The number of rotatable bonds is 4. The van der Waals surface area contributed by atoms with Crippen molar-refractivity contribution in [2.24, 2.45) is 7.05 Å². The molecule has 7 heteroatoms. The van der Waals surface area contributed by atoms with E-state index in [1.54, 1.807) is 6.33 Å². The normalized spacial score (nSPS) is 17.1. The number of aryl methyl sites for hydroxylation is 1. The van der Waals surface area contributed by atoms with Crippen LogP contribution in [0.4, 0.5) is 16.2 Å². The molecule has 0 radical (unpaired) electrons. The van der Waals surface area contributed by atoms with E-state index in [-0.39, 0.29) is 12.1 Å². The molecule has 0 aliphatic carbocycles. The van der Waals surface area contributed by atoms with E-state index in [0.717, 1.165) is 43.1 Å². The van der Waals surface area contributed by atoms with Gasteiger partial charge in [0.05, 0.1) is 6.04 Å². The van der Waals surface area contributed by atoms with E-state index in [9.17, 15) is 4.79 Å². The Hall–Kier alpha value is -2.57. The fourth-order valence-electron chi connectivity index (χ4n) is 3.07. The standard InChI is InChI=1S/C17H24N6O/c1-4-21(2)14-8-5-7-13(11-14)19-17(24)23-10-6-9-15(23)16-20-18-12-22(16)3/h5,7-8,11-12,15H,4,6,9-10H2,1-3H3,(H,19,24)/t15-/m0/s1. The molecule has 1 fully saturated rings. The molecule has 1 saturated heterocycles. The average Bonchev–Trinajstić information content (AvgIpc) is 3.22. The zero-order chi connectivity index (χ0) is 17.1. The molecule has 0 unspecified atom stereocenters. The first-order chi connectivity index (χ1) is 11.6. The van der Waals surface area contributed by atoms with Crippen molar-refractivity contribution in [1.82, 2.24) is 19.7 Å². The highest BCUT2D eigenvalue weighted by Gasteiger charge is 2.32. The number of urea groups is 1. The zero-order valence-electron chi connectivity index (χ0n) is 14.4. The Balaban J connectivity index is 1.74. The van der Waals surface area contributed by atoms with E-state index < -0.39 is 0 Å². The summed E-state index contributed by atoms with van der Waals surface area (Å²) in [6.07, 6.45) is 3.57. The predicted octanol–water partition coefficient (Wildman–Crippen LogP) is 2.64. The van der Waals surface area contributed by atoms with Gasteiger partial charge in [-0.15, -0.1) is 10.2 Å². The number of aromatic nitrogens is 3. The van der Waals surface area contributed by atoms with Crippen LogP contribution in [0, 0.1) is 0 Å². The number of carbonyl (C=O) groups excluding carboxylic acids is 1. The highest BCUT2D eigenvalue weighted by molar-refractivity contribution is 5.90. The molecular formula is C17H24N6O. The lowest BCUT2D eigenvalue weighted by Crippen LogP contribution is -2.35. The van der Waals surface area contributed by atoms with Crippen molar-refractivity contribution in [3.63, 3.8) is 0 Å². The zero-order valence-corrected chi connectivity index (χ0v) is 14.4. The first kappa shape index (κ1) is 16.3. The molecule has 128 valence electrons. The predicted molar refractivity (Wildman–Crippen MR) is 94.1 cm³/mol. The molecule has 1 atom stereocenters. The van der Waals surface area contributed by atoms with E-state index in [2.05, 4.69) is 27.3 Å². The Kier molecular flexibility index (Phi) is 4.69. The van der Waals surface area contributed by atoms with Gasteiger partial charge in [0.1, 0.15) is 6.33 Å². The van der Waals surface area contributed by atoms with Crippen LogP contribution in [0.5, 0.6) is 0 Å². The number of hydrogen-bond donors (Lipinski definition) is 1. The van der Waals surface area contributed by atoms with Crippen molar-refractivity contribution in [3.05, 3.63) is 36.4 Å². The molecule has 0 spiro atoms. The second kappa shape index (κ2) is 6.90. The van der Waals surface area contributed by atoms with Gasteiger partial charge in [0.25, 0.3) is 0 Å². The Morgan fingerprint density at radius 1 is 1.46 bits per heavy atom. The van der Waals surface area contributed by atoms with Gasteiger partial charge in [-0.1, -0.05) is 6.07 Å². The van der Waals surface area contributed by atoms with E-state index in [4.69, 9.17) is 0 Å². The van der Waals surface area contributed by atoms with Crippen molar-refractivity contribution < 1.29 is 4.79 Å². The number of amides is 2. The van der Waals surface area contributed by atoms with Gasteiger partial charge < -0.3 is 19.7 Å². The quantitative estimate of drug-likeness (QED) is 0.937. The summed E-state index contributed by atoms with van der Waals surface area (Å²) in [6.45, 7) is 3.75. The van der Waals surface area contributed by atoms with Crippen LogP contribution < -0.4 is 10.2 Å². The van der Waals surface area contributed by atoms with Crippen LogP contribution >= 0.6 is 0 Å². The van der Waals surface area contributed by atoms with Crippen molar-refractivity contribution in [3.8, 4) is 0 Å². The van der Waals surface area contributed by atoms with Gasteiger partial charge in [-0.2, -0.15) is 0 Å². The van der Waals surface area contributed by atoms with Gasteiger partial charge in [-0.05, 0) is 38.0 Å². The van der Waals surface area contributed by atoms with Crippen LogP contribution in [-0.2, 0) is 7.05 Å². The minimum atomic E-state index is -0.0863. The molecule has 1 N–H and O–H groups in total. The Morgan fingerprint density at radius 2 is 2.29 bits per heavy atom. The average molecular weight is 328 g/mol. The summed E-state index contributed by atoms with van der Waals surface area (Å²) in [5.74, 6) is 0.835. The smallest absolute Gasteiger partial charge is 0.322 e. The molecule has 24 heavy (non-hydrogen) atoms. The molecule has 7 nitrogen and oxygen atoms in total. The second-order valence-electron chi connectivity index (χ2n) is 6.15. The van der Waals surface area contributed by atoms with Gasteiger partial charge >= 0.3 is 6.03 Å². The molecule has 2 aromatic rings. The largest absolute Gasteiger partial charge is 0.375 e. The summed E-state index contributed by atoms with van der Waals surface area (Å²) in [4.78, 5) is 16.7. The number of carbonyl (C=O) groups is 1. The Labute approximate surface area is 142 Å². The minimum Gasteiger partial charge on any atom is -0.375 e. The number of nitrogens with zero attached hydrogens (tertiary/aromatic N) is 5. The van der Waals surface area contributed by atoms with Gasteiger partial charge in [-0.25, -0.2) is 4.79 Å². The van der Waals surface area contributed by atoms with E-state index in [0.29, 0.717) is 0 Å². The number of benzene rings is 1. The Morgan fingerprint density at radius 3 is 3.00 bits per heavy atom. The molecule has 1 aliphatic rings. The number of nitrogens with one attached hydrogen (secondary N) is 1. The molecule has 0 saturated carbocycles. The maximum atomic E-state index is 12.7. The fourth-order valence-corrected chi connectivity index (χ4v) is 3.07. The van der Waals surface area contributed by atoms with Crippen molar-refractivity contribution in [2.45, 2.75) is 25.8 Å². The molecule has 0 bridgehead atoms. The van der Waals surface area contributed by atoms with E-state index in [1.807, 2.05) is 47.8 Å². The van der Waals surface area contributed by atoms with Crippen LogP contribution in [0.1, 0.15) is 31.6 Å². The maximum Gasteiger partial charge on any atom is 0.322 e. The van der Waals surface area contributed by atoms with Crippen LogP contribution in [0.3, 0.4) is 0 Å². The maximum absolute atomic E-state index is 12.7. The summed E-state index contributed by atoms with van der Waals surface area (Å²) >= 11 is 0. The SMILES string of the molecule is CCN(C)c1cccc(NC(=O)N2CCC[C@H]2c2nncn2C)c1. The minimum absolute atomic E-state index is 0.0148. The van der Waals surface area contributed by atoms with E-state index in [1.165, 1.54) is 0 Å². The molecule has 2 amide bonds. The monoisotopic (exact) mass is 328 g/mol. The van der Waals surface area contributed by atoms with Gasteiger partial charge in [0.15, 0.2) is 5.82 Å². The lowest BCUT2D eigenvalue weighted by atomic mass is 10.2. The fraction of sp³-hybridized carbons (Fsp3) is 0.471. The van der Waals surface area contributed by atoms with Crippen LogP contribution in [-0.4, -0.2) is 45.8 Å². The van der Waals surface area contributed by atoms with Gasteiger partial charge in [0, 0.05) is 38.6 Å². The molecule has 3 rings (SSSR count). The summed E-state index contributed by atoms with van der Waals surface area (Å²) in [5, 5.41) is 11.1. The summed E-state index contributed by atoms with van der Waals surface area (Å²) in [6, 6.07) is 7.81. The lowest BCUT2D eigenvalue weighted by molar-refractivity contribution is 0.204. The van der Waals surface area contributed by atoms with Crippen molar-refractivity contribution in [2.75, 3.05) is 30.4 Å². The number of likely N-dealkylation sites (tertiary alicyclic amines) is 1. The van der Waals surface area contributed by atoms with Crippen LogP contribution in [0.15, 0.2) is 30.6 Å². The van der Waals surface area contributed by atoms with Gasteiger partial charge in [-0.3, -0.25) is 0 Å². The van der Waals surface area contributed by atoms with Crippen molar-refractivity contribution >= 4 is 17.4 Å². The number of anilines is 2. The van der Waals surface area contributed by atoms with E-state index >= 15 is 0 Å². The summed E-state index contributed by atoms with van der Waals surface area (Å²) in [7, 11) is 3.94. The third-order valence-electron chi connectivity index (χ3n) is 4.57. The Bertz CT molecular complexity index is 713. The molecule has 1 aliphatic heterocycles. The van der Waals surface area contributed by atoms with Crippen LogP contribution in [0.2, 0.25) is 0 Å². The first-order valence-electron chi connectivity index (χ1n) is 8.33. The lowest BCUT2D eigenvalue weighted by Gasteiger charge is -2.24. The highest BCUT2D eigenvalue weighted by atomic mass is 16.2. The van der Waals surface area contributed by atoms with Crippen molar-refractivity contribution in [1.29, 1.82) is 0 Å². The van der Waals surface area contributed by atoms with Crippen LogP contribution in [0.25, 0.3) is 0 Å². The molecule has 1 aromatic carbocycles. The topological polar surface area (TPSA) is 66.3 Å². The molecule has 1 aromatic heterocycles. The molecule has 2 heterocycles. The summed E-state index contributed by atoms with van der Waals surface area (Å²) < 4.78 is 1.88. The van der Waals surface area contributed by atoms with Gasteiger partial charge in [0.2, 0.25) is 0 Å². The number of hydrogen-bond acceptors (Lipinski definition) is 4. The second-order valence-corrected chi connectivity index (χ2v) is 6.15. The third-order valence-corrected chi connectivity index (χ3v) is 4.57. The third kappa shape index (κ3) is 3.20.